The summed E-state index contributed by atoms with van der Waals surface area (Å²) >= 11 is 1.05. The van der Waals surface area contributed by atoms with Gasteiger partial charge in [-0.05, 0) is 38.1 Å². The van der Waals surface area contributed by atoms with Gasteiger partial charge in [0.1, 0.15) is 14.8 Å². The fraction of sp³-hybridized carbons (Fsp3) is 0.0800. The minimum Gasteiger partial charge on any atom is -0.396 e. The smallest absolute Gasteiger partial charge is 0.211 e. The Morgan fingerprint density at radius 3 is 2.00 bits per heavy atom. The number of carbonyl (C=O) groups is 1. The van der Waals surface area contributed by atoms with Gasteiger partial charge in [-0.2, -0.15) is 0 Å². The third kappa shape index (κ3) is 4.17. The summed E-state index contributed by atoms with van der Waals surface area (Å²) in [5, 5.41) is 3.47. The molecule has 1 aromatic heterocycles. The van der Waals surface area contributed by atoms with E-state index < -0.39 is 9.84 Å². The molecule has 32 heavy (non-hydrogen) atoms. The molecule has 5 nitrogen and oxygen atoms in total. The molecule has 4 aromatic rings. The van der Waals surface area contributed by atoms with Crippen molar-refractivity contribution in [3.05, 3.63) is 100 Å². The highest BCUT2D eigenvalue weighted by molar-refractivity contribution is 7.92. The van der Waals surface area contributed by atoms with Crippen LogP contribution in [0.1, 0.15) is 26.4 Å². The van der Waals surface area contributed by atoms with Crippen LogP contribution in [0.5, 0.6) is 0 Å². The van der Waals surface area contributed by atoms with Gasteiger partial charge in [0, 0.05) is 11.3 Å². The van der Waals surface area contributed by atoms with Crippen LogP contribution in [0.3, 0.4) is 0 Å². The molecule has 0 spiro atoms. The Morgan fingerprint density at radius 1 is 0.844 bits per heavy atom. The third-order valence-corrected chi connectivity index (χ3v) is 8.15. The fourth-order valence-electron chi connectivity index (χ4n) is 3.27. The molecule has 0 unspecified atom stereocenters. The topological polar surface area (TPSA) is 89.3 Å². The molecule has 4 rings (SSSR count). The molecule has 3 aromatic carbocycles. The van der Waals surface area contributed by atoms with Crippen molar-refractivity contribution in [2.24, 2.45) is 0 Å². The maximum Gasteiger partial charge on any atom is 0.211 e. The predicted octanol–water partition coefficient (Wildman–Crippen LogP) is 5.75. The van der Waals surface area contributed by atoms with Crippen molar-refractivity contribution >= 4 is 43.3 Å². The van der Waals surface area contributed by atoms with E-state index in [1.54, 1.807) is 30.3 Å². The van der Waals surface area contributed by atoms with Gasteiger partial charge in [0.05, 0.1) is 10.6 Å². The zero-order valence-electron chi connectivity index (χ0n) is 17.6. The number of anilines is 3. The largest absolute Gasteiger partial charge is 0.396 e. The van der Waals surface area contributed by atoms with Crippen molar-refractivity contribution in [2.45, 2.75) is 23.6 Å². The van der Waals surface area contributed by atoms with Crippen LogP contribution in [0.25, 0.3) is 0 Å². The number of rotatable bonds is 6. The highest BCUT2D eigenvalue weighted by atomic mass is 32.2. The van der Waals surface area contributed by atoms with E-state index in [1.807, 2.05) is 50.2 Å². The molecular formula is C25H22N2O3S2. The molecule has 0 atom stereocenters. The monoisotopic (exact) mass is 462 g/mol. The first kappa shape index (κ1) is 21.8. The summed E-state index contributed by atoms with van der Waals surface area (Å²) in [5.74, 6) is -0.311. The first-order chi connectivity index (χ1) is 15.3. The average molecular weight is 463 g/mol. The fourth-order valence-corrected chi connectivity index (χ4v) is 6.22. The van der Waals surface area contributed by atoms with Crippen LogP contribution in [0.2, 0.25) is 0 Å². The van der Waals surface area contributed by atoms with Crippen LogP contribution in [0.15, 0.2) is 88.7 Å². The number of sulfone groups is 1. The molecule has 0 saturated carbocycles. The summed E-state index contributed by atoms with van der Waals surface area (Å²) in [4.78, 5) is 13.4. The van der Waals surface area contributed by atoms with Crippen LogP contribution < -0.4 is 11.1 Å². The second-order valence-electron chi connectivity index (χ2n) is 7.51. The van der Waals surface area contributed by atoms with Crippen LogP contribution in [0.4, 0.5) is 16.4 Å². The van der Waals surface area contributed by atoms with Gasteiger partial charge >= 0.3 is 0 Å². The summed E-state index contributed by atoms with van der Waals surface area (Å²) in [6, 6.07) is 22.7. The molecule has 0 bridgehead atoms. The Kier molecular flexibility index (Phi) is 5.86. The predicted molar refractivity (Wildman–Crippen MR) is 130 cm³/mol. The summed E-state index contributed by atoms with van der Waals surface area (Å²) in [5.41, 5.74) is 9.56. The maximum atomic E-state index is 13.5. The lowest BCUT2D eigenvalue weighted by molar-refractivity contribution is 0.104. The van der Waals surface area contributed by atoms with Gasteiger partial charge in [-0.3, -0.25) is 4.79 Å². The van der Waals surface area contributed by atoms with E-state index in [-0.39, 0.29) is 26.1 Å². The lowest BCUT2D eigenvalue weighted by Crippen LogP contribution is -2.08. The second kappa shape index (κ2) is 8.61. The number of nitrogen functional groups attached to an aromatic ring is 1. The normalized spacial score (nSPS) is 11.3. The lowest BCUT2D eigenvalue weighted by atomic mass is 10.1. The Labute approximate surface area is 191 Å². The van der Waals surface area contributed by atoms with Gasteiger partial charge in [-0.25, -0.2) is 8.42 Å². The first-order valence-corrected chi connectivity index (χ1v) is 12.2. The molecule has 0 aliphatic rings. The lowest BCUT2D eigenvalue weighted by Gasteiger charge is -2.10. The summed E-state index contributed by atoms with van der Waals surface area (Å²) in [7, 11) is -3.96. The zero-order chi connectivity index (χ0) is 22.9. The average Bonchev–Trinajstić information content (AvgIpc) is 3.12. The van der Waals surface area contributed by atoms with E-state index in [2.05, 4.69) is 5.32 Å². The number of nitrogens with two attached hydrogens (primary N) is 1. The van der Waals surface area contributed by atoms with Crippen molar-refractivity contribution in [3.63, 3.8) is 0 Å². The van der Waals surface area contributed by atoms with Gasteiger partial charge in [-0.1, -0.05) is 65.7 Å². The minimum absolute atomic E-state index is 0.0426. The molecule has 0 radical (unpaired) electrons. The van der Waals surface area contributed by atoms with E-state index in [0.717, 1.165) is 22.5 Å². The quantitative estimate of drug-likeness (QED) is 0.356. The number of nitrogens with one attached hydrogen (secondary N) is 1. The standard InChI is InChI=1S/C25H22N2O3S2/c1-16-8-12-18(13-9-16)22(28)23-21(26)24(32(29,30)20-6-4-3-5-7-20)25(31-23)27-19-14-10-17(2)11-15-19/h3-15,27H,26H2,1-2H3. The van der Waals surface area contributed by atoms with Crippen molar-refractivity contribution in [1.29, 1.82) is 0 Å². The number of carbonyl (C=O) groups excluding carboxylic acids is 1. The SMILES string of the molecule is Cc1ccc(Nc2sc(C(=O)c3ccc(C)cc3)c(N)c2S(=O)(=O)c2ccccc2)cc1. The van der Waals surface area contributed by atoms with Crippen molar-refractivity contribution in [1.82, 2.24) is 0 Å². The molecule has 3 N–H and O–H groups in total. The number of ketones is 1. The molecule has 7 heteroatoms. The van der Waals surface area contributed by atoms with Gasteiger partial charge in [0.25, 0.3) is 0 Å². The van der Waals surface area contributed by atoms with Crippen molar-refractivity contribution in [3.8, 4) is 0 Å². The second-order valence-corrected chi connectivity index (χ2v) is 10.4. The Balaban J connectivity index is 1.87. The molecular weight excluding hydrogens is 440 g/mol. The van der Waals surface area contributed by atoms with Crippen LogP contribution >= 0.6 is 11.3 Å². The molecule has 0 amide bonds. The number of hydrogen-bond donors (Lipinski definition) is 2. The van der Waals surface area contributed by atoms with Crippen molar-refractivity contribution < 1.29 is 13.2 Å². The number of thiophene rings is 1. The van der Waals surface area contributed by atoms with E-state index in [9.17, 15) is 13.2 Å². The van der Waals surface area contributed by atoms with Gasteiger partial charge in [-0.15, -0.1) is 11.3 Å². The molecule has 0 aliphatic heterocycles. The van der Waals surface area contributed by atoms with Crippen molar-refractivity contribution in [2.75, 3.05) is 11.1 Å². The molecule has 0 fully saturated rings. The number of benzene rings is 3. The van der Waals surface area contributed by atoms with E-state index in [1.165, 1.54) is 12.1 Å². The number of hydrogen-bond acceptors (Lipinski definition) is 6. The van der Waals surface area contributed by atoms with E-state index >= 15 is 0 Å². The van der Waals surface area contributed by atoms with E-state index in [0.29, 0.717) is 16.3 Å². The van der Waals surface area contributed by atoms with Gasteiger partial charge in [0.15, 0.2) is 0 Å². The minimum atomic E-state index is -3.96. The Morgan fingerprint density at radius 2 is 1.41 bits per heavy atom. The van der Waals surface area contributed by atoms with Crippen LogP contribution in [0, 0.1) is 13.8 Å². The summed E-state index contributed by atoms with van der Waals surface area (Å²) in [6.07, 6.45) is 0. The Bertz CT molecular complexity index is 1370. The highest BCUT2D eigenvalue weighted by Crippen LogP contribution is 2.44. The van der Waals surface area contributed by atoms with Gasteiger partial charge in [0.2, 0.25) is 15.6 Å². The summed E-state index contributed by atoms with van der Waals surface area (Å²) in [6.45, 7) is 3.90. The molecule has 162 valence electrons. The van der Waals surface area contributed by atoms with Gasteiger partial charge < -0.3 is 11.1 Å². The number of aryl methyl sites for hydroxylation is 2. The van der Waals surface area contributed by atoms with Crippen LogP contribution in [-0.4, -0.2) is 14.2 Å². The van der Waals surface area contributed by atoms with E-state index in [4.69, 9.17) is 5.73 Å². The molecule has 0 saturated heterocycles. The summed E-state index contributed by atoms with van der Waals surface area (Å²) < 4.78 is 27.0. The highest BCUT2D eigenvalue weighted by Gasteiger charge is 2.31. The maximum absolute atomic E-state index is 13.5. The molecule has 1 heterocycles. The third-order valence-electron chi connectivity index (χ3n) is 5.05. The zero-order valence-corrected chi connectivity index (χ0v) is 19.3. The Hall–Kier alpha value is -3.42. The van der Waals surface area contributed by atoms with Crippen LogP contribution in [-0.2, 0) is 9.84 Å². The first-order valence-electron chi connectivity index (χ1n) is 9.95. The molecule has 0 aliphatic carbocycles.